The Bertz CT molecular complexity index is 1140. The summed E-state index contributed by atoms with van der Waals surface area (Å²) >= 11 is 3.06. The number of fused-ring (bicyclic) bond motifs is 2. The van der Waals surface area contributed by atoms with Crippen LogP contribution in [0.3, 0.4) is 0 Å². The van der Waals surface area contributed by atoms with Gasteiger partial charge < -0.3 is 9.64 Å². The number of amides is 1. The molecule has 4 rings (SSSR count). The molecule has 144 valence electrons. The van der Waals surface area contributed by atoms with Gasteiger partial charge in [-0.2, -0.15) is 0 Å². The number of anilines is 1. The molecule has 0 unspecified atom stereocenters. The molecule has 2 aromatic heterocycles. The van der Waals surface area contributed by atoms with Gasteiger partial charge in [0.25, 0.3) is 5.91 Å². The van der Waals surface area contributed by atoms with Gasteiger partial charge in [0.1, 0.15) is 5.75 Å². The highest BCUT2D eigenvalue weighted by molar-refractivity contribution is 7.22. The van der Waals surface area contributed by atoms with Crippen LogP contribution in [0.5, 0.6) is 5.75 Å². The van der Waals surface area contributed by atoms with Gasteiger partial charge in [-0.3, -0.25) is 9.69 Å². The Labute approximate surface area is 171 Å². The SMILES string of the molecule is COc1ccc2sc(N(CC[NH+](C)C)C(=O)c3ccc4ncsc4c3)nc2c1. The zero-order valence-electron chi connectivity index (χ0n) is 15.9. The number of carbonyl (C=O) groups is 1. The Morgan fingerprint density at radius 2 is 2.00 bits per heavy atom. The van der Waals surface area contributed by atoms with Gasteiger partial charge in [-0.25, -0.2) is 9.97 Å². The van der Waals surface area contributed by atoms with Crippen LogP contribution in [0.1, 0.15) is 10.4 Å². The Hall–Kier alpha value is -2.55. The maximum absolute atomic E-state index is 13.4. The third-order valence-corrected chi connectivity index (χ3v) is 6.32. The summed E-state index contributed by atoms with van der Waals surface area (Å²) in [6, 6.07) is 11.5. The van der Waals surface area contributed by atoms with E-state index in [-0.39, 0.29) is 5.91 Å². The van der Waals surface area contributed by atoms with E-state index < -0.39 is 0 Å². The van der Waals surface area contributed by atoms with Crippen LogP contribution in [0.25, 0.3) is 20.4 Å². The number of hydrogen-bond donors (Lipinski definition) is 1. The molecule has 0 radical (unpaired) electrons. The molecule has 0 saturated heterocycles. The lowest BCUT2D eigenvalue weighted by Gasteiger charge is -2.20. The lowest BCUT2D eigenvalue weighted by molar-refractivity contribution is -0.856. The quantitative estimate of drug-likeness (QED) is 0.528. The first-order valence-corrected chi connectivity index (χ1v) is 10.6. The van der Waals surface area contributed by atoms with E-state index >= 15 is 0 Å². The van der Waals surface area contributed by atoms with Crippen LogP contribution >= 0.6 is 22.7 Å². The second-order valence-corrected chi connectivity index (χ2v) is 8.67. The van der Waals surface area contributed by atoms with E-state index in [1.54, 1.807) is 17.5 Å². The van der Waals surface area contributed by atoms with Crippen molar-refractivity contribution in [1.82, 2.24) is 9.97 Å². The lowest BCUT2D eigenvalue weighted by atomic mass is 10.2. The Balaban J connectivity index is 1.72. The van der Waals surface area contributed by atoms with Crippen molar-refractivity contribution >= 4 is 54.1 Å². The summed E-state index contributed by atoms with van der Waals surface area (Å²) in [6.07, 6.45) is 0. The average molecular weight is 414 g/mol. The molecule has 0 bridgehead atoms. The fraction of sp³-hybridized carbons (Fsp3) is 0.250. The molecule has 0 aliphatic heterocycles. The number of rotatable bonds is 6. The maximum atomic E-state index is 13.4. The van der Waals surface area contributed by atoms with Crippen LogP contribution in [-0.2, 0) is 0 Å². The van der Waals surface area contributed by atoms with Gasteiger partial charge in [0, 0.05) is 11.6 Å². The van der Waals surface area contributed by atoms with E-state index in [1.165, 1.54) is 27.6 Å². The normalized spacial score (nSPS) is 11.4. The molecule has 0 saturated carbocycles. The smallest absolute Gasteiger partial charge is 0.260 e. The van der Waals surface area contributed by atoms with Gasteiger partial charge in [0.2, 0.25) is 0 Å². The summed E-state index contributed by atoms with van der Waals surface area (Å²) < 4.78 is 7.34. The summed E-state index contributed by atoms with van der Waals surface area (Å²) in [5.74, 6) is 0.721. The first-order valence-electron chi connectivity index (χ1n) is 8.94. The number of carbonyl (C=O) groups excluding carboxylic acids is 1. The number of nitrogens with one attached hydrogen (secondary N) is 1. The van der Waals surface area contributed by atoms with E-state index in [9.17, 15) is 4.79 Å². The molecule has 0 spiro atoms. The molecule has 4 aromatic rings. The van der Waals surface area contributed by atoms with Crippen LogP contribution < -0.4 is 14.5 Å². The molecule has 2 aromatic carbocycles. The van der Waals surface area contributed by atoms with Gasteiger partial charge in [-0.05, 0) is 30.3 Å². The Morgan fingerprint density at radius 3 is 2.79 bits per heavy atom. The minimum absolute atomic E-state index is 0.0393. The van der Waals surface area contributed by atoms with Gasteiger partial charge in [-0.1, -0.05) is 11.3 Å². The van der Waals surface area contributed by atoms with Crippen molar-refractivity contribution in [2.75, 3.05) is 39.2 Å². The van der Waals surface area contributed by atoms with Crippen molar-refractivity contribution in [2.45, 2.75) is 0 Å². The fourth-order valence-corrected chi connectivity index (χ4v) is 4.59. The van der Waals surface area contributed by atoms with Gasteiger partial charge in [0.15, 0.2) is 5.13 Å². The number of hydrogen-bond acceptors (Lipinski definition) is 6. The van der Waals surface area contributed by atoms with E-state index in [4.69, 9.17) is 9.72 Å². The Morgan fingerprint density at radius 1 is 1.14 bits per heavy atom. The molecule has 1 N–H and O–H groups in total. The number of nitrogens with zero attached hydrogens (tertiary/aromatic N) is 3. The van der Waals surface area contributed by atoms with Crippen LogP contribution in [0, 0.1) is 0 Å². The molecule has 0 fully saturated rings. The van der Waals surface area contributed by atoms with Gasteiger partial charge in [-0.15, -0.1) is 11.3 Å². The molecule has 8 heteroatoms. The third kappa shape index (κ3) is 3.71. The summed E-state index contributed by atoms with van der Waals surface area (Å²) in [5, 5.41) is 0.707. The summed E-state index contributed by atoms with van der Waals surface area (Å²) in [6.45, 7) is 1.42. The summed E-state index contributed by atoms with van der Waals surface area (Å²) in [7, 11) is 5.80. The topological polar surface area (TPSA) is 59.8 Å². The second kappa shape index (κ2) is 7.83. The number of aromatic nitrogens is 2. The average Bonchev–Trinajstić information content (AvgIpc) is 3.32. The van der Waals surface area contributed by atoms with Crippen LogP contribution in [0.4, 0.5) is 5.13 Å². The predicted molar refractivity (Wildman–Crippen MR) is 115 cm³/mol. The van der Waals surface area contributed by atoms with Crippen molar-refractivity contribution in [3.8, 4) is 5.75 Å². The number of benzene rings is 2. The van der Waals surface area contributed by atoms with Crippen molar-refractivity contribution < 1.29 is 14.4 Å². The highest BCUT2D eigenvalue weighted by atomic mass is 32.1. The largest absolute Gasteiger partial charge is 0.497 e. The number of thiazole rings is 2. The van der Waals surface area contributed by atoms with E-state index in [1.807, 2.05) is 36.4 Å². The predicted octanol–water partition coefficient (Wildman–Crippen LogP) is 2.71. The lowest BCUT2D eigenvalue weighted by Crippen LogP contribution is -3.06. The molecule has 0 aliphatic carbocycles. The van der Waals surface area contributed by atoms with Crippen molar-refractivity contribution in [3.05, 3.63) is 47.5 Å². The van der Waals surface area contributed by atoms with E-state index in [0.717, 1.165) is 32.7 Å². The first kappa shape index (κ1) is 18.8. The number of ether oxygens (including phenoxy) is 1. The van der Waals surface area contributed by atoms with Crippen molar-refractivity contribution in [1.29, 1.82) is 0 Å². The van der Waals surface area contributed by atoms with E-state index in [0.29, 0.717) is 17.2 Å². The molecular formula is C20H21N4O2S2+. The van der Waals surface area contributed by atoms with Crippen LogP contribution in [-0.4, -0.2) is 50.2 Å². The number of quaternary nitrogens is 1. The minimum atomic E-state index is -0.0393. The fourth-order valence-electron chi connectivity index (χ4n) is 2.90. The number of likely N-dealkylation sites (N-methyl/N-ethyl adjacent to an activating group) is 1. The second-order valence-electron chi connectivity index (χ2n) is 6.78. The maximum Gasteiger partial charge on any atom is 0.260 e. The molecule has 0 aliphatic rings. The zero-order chi connectivity index (χ0) is 19.7. The zero-order valence-corrected chi connectivity index (χ0v) is 17.6. The van der Waals surface area contributed by atoms with E-state index in [2.05, 4.69) is 19.1 Å². The summed E-state index contributed by atoms with van der Waals surface area (Å²) in [5.41, 5.74) is 4.21. The highest BCUT2D eigenvalue weighted by Crippen LogP contribution is 2.32. The highest BCUT2D eigenvalue weighted by Gasteiger charge is 2.22. The van der Waals surface area contributed by atoms with Crippen molar-refractivity contribution in [2.24, 2.45) is 0 Å². The standard InChI is InChI=1S/C20H20N4O2S2/c1-23(2)8-9-24(19(25)13-4-6-15-18(10-13)27-12-21-15)20-22-16-11-14(26-3)5-7-17(16)28-20/h4-7,10-12H,8-9H2,1-3H3/p+1. The summed E-state index contributed by atoms with van der Waals surface area (Å²) in [4.78, 5) is 25.4. The molecule has 1 amide bonds. The monoisotopic (exact) mass is 413 g/mol. The minimum Gasteiger partial charge on any atom is -0.497 e. The Kier molecular flexibility index (Phi) is 5.25. The molecule has 0 atom stereocenters. The van der Waals surface area contributed by atoms with Crippen LogP contribution in [0.15, 0.2) is 41.9 Å². The molecule has 28 heavy (non-hydrogen) atoms. The number of methoxy groups -OCH3 is 1. The molecular weight excluding hydrogens is 392 g/mol. The van der Waals surface area contributed by atoms with Gasteiger partial charge >= 0.3 is 0 Å². The van der Waals surface area contributed by atoms with Gasteiger partial charge in [0.05, 0.1) is 60.2 Å². The van der Waals surface area contributed by atoms with Crippen LogP contribution in [0.2, 0.25) is 0 Å². The molecule has 2 heterocycles. The van der Waals surface area contributed by atoms with Crippen molar-refractivity contribution in [3.63, 3.8) is 0 Å². The third-order valence-electron chi connectivity index (χ3n) is 4.47. The molecule has 6 nitrogen and oxygen atoms in total. The first-order chi connectivity index (χ1) is 13.5.